The first kappa shape index (κ1) is 12.0. The summed E-state index contributed by atoms with van der Waals surface area (Å²) in [6, 6.07) is 5.44. The van der Waals surface area contributed by atoms with Crippen molar-refractivity contribution in [3.05, 3.63) is 30.1 Å². The van der Waals surface area contributed by atoms with Gasteiger partial charge in [-0.15, -0.1) is 0 Å². The van der Waals surface area contributed by atoms with Crippen molar-refractivity contribution >= 4 is 5.91 Å². The number of nitrogens with zero attached hydrogens (tertiary/aromatic N) is 1. The third-order valence-corrected chi connectivity index (χ3v) is 3.14. The molecule has 1 fully saturated rings. The lowest BCUT2D eigenvalue weighted by Gasteiger charge is -2.28. The maximum atomic E-state index is 11.8. The van der Waals surface area contributed by atoms with E-state index in [2.05, 4.69) is 10.3 Å². The van der Waals surface area contributed by atoms with E-state index in [1.807, 2.05) is 18.2 Å². The van der Waals surface area contributed by atoms with Crippen LogP contribution in [0.2, 0.25) is 0 Å². The Morgan fingerprint density at radius 2 is 2.24 bits per heavy atom. The Hall–Kier alpha value is -1.42. The highest BCUT2D eigenvalue weighted by molar-refractivity contribution is 5.78. The van der Waals surface area contributed by atoms with E-state index in [0.29, 0.717) is 0 Å². The molecule has 0 saturated heterocycles. The van der Waals surface area contributed by atoms with Crippen molar-refractivity contribution < 1.29 is 9.90 Å². The number of hydrogen-bond donors (Lipinski definition) is 2. The molecule has 0 bridgehead atoms. The van der Waals surface area contributed by atoms with Gasteiger partial charge in [0.25, 0.3) is 0 Å². The first-order chi connectivity index (χ1) is 8.25. The predicted molar refractivity (Wildman–Crippen MR) is 64.3 cm³/mol. The molecule has 2 rings (SSSR count). The zero-order valence-corrected chi connectivity index (χ0v) is 9.80. The van der Waals surface area contributed by atoms with Gasteiger partial charge in [-0.25, -0.2) is 0 Å². The van der Waals surface area contributed by atoms with Crippen LogP contribution in [0.25, 0.3) is 0 Å². The van der Waals surface area contributed by atoms with Gasteiger partial charge in [-0.2, -0.15) is 0 Å². The van der Waals surface area contributed by atoms with Gasteiger partial charge in [0.05, 0.1) is 18.6 Å². The number of aliphatic hydroxyl groups excluding tert-OH is 1. The summed E-state index contributed by atoms with van der Waals surface area (Å²) in [5.74, 6) is -0.0605. The van der Waals surface area contributed by atoms with Gasteiger partial charge < -0.3 is 10.4 Å². The molecule has 17 heavy (non-hydrogen) atoms. The molecular formula is C13H18N2O2. The molecule has 4 nitrogen and oxygen atoms in total. The van der Waals surface area contributed by atoms with Gasteiger partial charge >= 0.3 is 0 Å². The van der Waals surface area contributed by atoms with E-state index in [-0.39, 0.29) is 18.4 Å². The minimum atomic E-state index is -0.392. The van der Waals surface area contributed by atoms with E-state index in [1.54, 1.807) is 6.20 Å². The Balaban J connectivity index is 1.84. The van der Waals surface area contributed by atoms with Crippen LogP contribution in [0, 0.1) is 0 Å². The van der Waals surface area contributed by atoms with E-state index in [9.17, 15) is 9.90 Å². The van der Waals surface area contributed by atoms with Crippen LogP contribution >= 0.6 is 0 Å². The quantitative estimate of drug-likeness (QED) is 0.821. The largest absolute Gasteiger partial charge is 0.391 e. The van der Waals surface area contributed by atoms with E-state index >= 15 is 0 Å². The summed E-state index contributed by atoms with van der Waals surface area (Å²) in [5, 5.41) is 12.6. The third-order valence-electron chi connectivity index (χ3n) is 3.14. The van der Waals surface area contributed by atoms with Gasteiger partial charge in [-0.3, -0.25) is 9.78 Å². The Morgan fingerprint density at radius 3 is 2.94 bits per heavy atom. The zero-order chi connectivity index (χ0) is 12.1. The molecule has 1 amide bonds. The number of carbonyl (C=O) groups excluding carboxylic acids is 1. The van der Waals surface area contributed by atoms with Crippen molar-refractivity contribution in [3.8, 4) is 0 Å². The van der Waals surface area contributed by atoms with Gasteiger partial charge in [-0.1, -0.05) is 18.9 Å². The van der Waals surface area contributed by atoms with Crippen molar-refractivity contribution in [3.63, 3.8) is 0 Å². The number of carbonyl (C=O) groups is 1. The molecule has 1 aliphatic rings. The van der Waals surface area contributed by atoms with E-state index < -0.39 is 6.10 Å². The van der Waals surface area contributed by atoms with Crippen LogP contribution in [0.4, 0.5) is 0 Å². The first-order valence-corrected chi connectivity index (χ1v) is 6.13. The lowest BCUT2D eigenvalue weighted by Crippen LogP contribution is -2.45. The van der Waals surface area contributed by atoms with Crippen LogP contribution in [0.5, 0.6) is 0 Å². The summed E-state index contributed by atoms with van der Waals surface area (Å²) >= 11 is 0. The summed E-state index contributed by atoms with van der Waals surface area (Å²) < 4.78 is 0. The average molecular weight is 234 g/mol. The number of hydrogen-bond acceptors (Lipinski definition) is 3. The summed E-state index contributed by atoms with van der Waals surface area (Å²) in [7, 11) is 0. The Morgan fingerprint density at radius 1 is 1.41 bits per heavy atom. The molecule has 2 atom stereocenters. The Labute approximate surface area is 101 Å². The van der Waals surface area contributed by atoms with Crippen LogP contribution in [-0.2, 0) is 11.2 Å². The zero-order valence-electron chi connectivity index (χ0n) is 9.80. The van der Waals surface area contributed by atoms with Crippen molar-refractivity contribution in [1.29, 1.82) is 0 Å². The van der Waals surface area contributed by atoms with Gasteiger partial charge in [-0.05, 0) is 25.0 Å². The van der Waals surface area contributed by atoms with Crippen molar-refractivity contribution in [2.75, 3.05) is 0 Å². The SMILES string of the molecule is O=C(Cc1ccccn1)N[C@H]1CCCC[C@@H]1O. The molecule has 0 spiro atoms. The normalized spacial score (nSPS) is 24.3. The number of rotatable bonds is 3. The molecule has 2 N–H and O–H groups in total. The fourth-order valence-corrected chi connectivity index (χ4v) is 2.20. The lowest BCUT2D eigenvalue weighted by molar-refractivity contribution is -0.122. The van der Waals surface area contributed by atoms with Crippen molar-refractivity contribution in [2.24, 2.45) is 0 Å². The second kappa shape index (κ2) is 5.77. The lowest BCUT2D eigenvalue weighted by atomic mass is 9.92. The van der Waals surface area contributed by atoms with Crippen LogP contribution in [0.3, 0.4) is 0 Å². The van der Waals surface area contributed by atoms with Crippen molar-refractivity contribution in [2.45, 2.75) is 44.2 Å². The highest BCUT2D eigenvalue weighted by Crippen LogP contribution is 2.18. The molecule has 1 aromatic heterocycles. The Kier molecular flexibility index (Phi) is 4.09. The molecule has 1 aliphatic carbocycles. The highest BCUT2D eigenvalue weighted by Gasteiger charge is 2.24. The molecule has 0 aliphatic heterocycles. The minimum Gasteiger partial charge on any atom is -0.391 e. The molecule has 1 aromatic rings. The number of aromatic nitrogens is 1. The number of pyridine rings is 1. The molecule has 1 saturated carbocycles. The molecule has 0 unspecified atom stereocenters. The maximum absolute atomic E-state index is 11.8. The molecule has 0 aromatic carbocycles. The van der Waals surface area contributed by atoms with Crippen LogP contribution in [-0.4, -0.2) is 28.1 Å². The summed E-state index contributed by atoms with van der Waals surface area (Å²) in [4.78, 5) is 15.9. The van der Waals surface area contributed by atoms with E-state index in [0.717, 1.165) is 31.4 Å². The summed E-state index contributed by atoms with van der Waals surface area (Å²) in [6.45, 7) is 0. The standard InChI is InChI=1S/C13H18N2O2/c16-12-7-2-1-6-11(12)15-13(17)9-10-5-3-4-8-14-10/h3-5,8,11-12,16H,1-2,6-7,9H2,(H,15,17)/t11-,12-/m0/s1. The minimum absolute atomic E-state index is 0.0605. The highest BCUT2D eigenvalue weighted by atomic mass is 16.3. The topological polar surface area (TPSA) is 62.2 Å². The summed E-state index contributed by atoms with van der Waals surface area (Å²) in [5.41, 5.74) is 0.760. The van der Waals surface area contributed by atoms with Gasteiger partial charge in [0.15, 0.2) is 0 Å². The summed E-state index contributed by atoms with van der Waals surface area (Å²) in [6.07, 6.45) is 5.35. The number of nitrogens with one attached hydrogen (secondary N) is 1. The molecule has 1 heterocycles. The van der Waals surface area contributed by atoms with Gasteiger partial charge in [0.1, 0.15) is 0 Å². The molecule has 92 valence electrons. The smallest absolute Gasteiger partial charge is 0.226 e. The molecule has 4 heteroatoms. The predicted octanol–water partition coefficient (Wildman–Crippen LogP) is 1.04. The third kappa shape index (κ3) is 3.53. The molecule has 0 radical (unpaired) electrons. The van der Waals surface area contributed by atoms with Crippen molar-refractivity contribution in [1.82, 2.24) is 10.3 Å². The second-order valence-corrected chi connectivity index (χ2v) is 4.52. The monoisotopic (exact) mass is 234 g/mol. The first-order valence-electron chi connectivity index (χ1n) is 6.13. The van der Waals surface area contributed by atoms with Crippen LogP contribution < -0.4 is 5.32 Å². The van der Waals surface area contributed by atoms with Crippen LogP contribution in [0.1, 0.15) is 31.4 Å². The van der Waals surface area contributed by atoms with Gasteiger partial charge in [0.2, 0.25) is 5.91 Å². The molecular weight excluding hydrogens is 216 g/mol. The number of aliphatic hydroxyl groups is 1. The van der Waals surface area contributed by atoms with E-state index in [4.69, 9.17) is 0 Å². The van der Waals surface area contributed by atoms with E-state index in [1.165, 1.54) is 0 Å². The fourth-order valence-electron chi connectivity index (χ4n) is 2.20. The second-order valence-electron chi connectivity index (χ2n) is 4.52. The average Bonchev–Trinajstić information content (AvgIpc) is 2.33. The fraction of sp³-hybridized carbons (Fsp3) is 0.538. The Bertz CT molecular complexity index is 367. The van der Waals surface area contributed by atoms with Gasteiger partial charge in [0, 0.05) is 11.9 Å². The van der Waals surface area contributed by atoms with Crippen LogP contribution in [0.15, 0.2) is 24.4 Å². The maximum Gasteiger partial charge on any atom is 0.226 e. The number of amides is 1.